The third kappa shape index (κ3) is 7.94. The fourth-order valence-corrected chi connectivity index (χ4v) is 11.3. The third-order valence-electron chi connectivity index (χ3n) is 15.4. The summed E-state index contributed by atoms with van der Waals surface area (Å²) < 4.78 is 0. The van der Waals surface area contributed by atoms with Gasteiger partial charge in [-0.1, -0.05) is 209 Å². The van der Waals surface area contributed by atoms with Crippen molar-refractivity contribution < 1.29 is 0 Å². The molecule has 0 aromatic heterocycles. The maximum atomic E-state index is 2.40. The summed E-state index contributed by atoms with van der Waals surface area (Å²) in [7, 11) is 0. The molecule has 72 heavy (non-hydrogen) atoms. The minimum absolute atomic E-state index is 0.0745. The van der Waals surface area contributed by atoms with Gasteiger partial charge in [-0.3, -0.25) is 0 Å². The first kappa shape index (κ1) is 44.7. The molecule has 0 fully saturated rings. The van der Waals surface area contributed by atoms with E-state index in [0.717, 1.165) is 45.3 Å². The highest BCUT2D eigenvalue weighted by Gasteiger charge is 2.37. The molecule has 10 aromatic rings. The van der Waals surface area contributed by atoms with Gasteiger partial charge in [0, 0.05) is 45.0 Å². The first-order chi connectivity index (χ1) is 35.0. The molecule has 0 radical (unpaired) electrons. The average molecular weight is 927 g/mol. The van der Waals surface area contributed by atoms with E-state index in [0.29, 0.717) is 0 Å². The number of nitrogens with zero attached hydrogens (tertiary/aromatic N) is 2. The van der Waals surface area contributed by atoms with Crippen molar-refractivity contribution in [3.8, 4) is 44.5 Å². The van der Waals surface area contributed by atoms with Crippen LogP contribution in [-0.2, 0) is 10.8 Å². The van der Waals surface area contributed by atoms with Crippen LogP contribution in [-0.4, -0.2) is 0 Å². The lowest BCUT2D eigenvalue weighted by Gasteiger charge is -2.28. The van der Waals surface area contributed by atoms with Gasteiger partial charge in [-0.2, -0.15) is 0 Å². The van der Waals surface area contributed by atoms with Gasteiger partial charge in [-0.15, -0.1) is 0 Å². The van der Waals surface area contributed by atoms with Crippen LogP contribution in [0.15, 0.2) is 231 Å². The van der Waals surface area contributed by atoms with Gasteiger partial charge >= 0.3 is 0 Å². The summed E-state index contributed by atoms with van der Waals surface area (Å²) in [5.41, 5.74) is 27.2. The largest absolute Gasteiger partial charge is 0.310 e. The highest BCUT2D eigenvalue weighted by Crippen LogP contribution is 2.52. The summed E-state index contributed by atoms with van der Waals surface area (Å²) >= 11 is 0. The van der Waals surface area contributed by atoms with Crippen molar-refractivity contribution in [2.75, 3.05) is 9.80 Å². The van der Waals surface area contributed by atoms with Gasteiger partial charge in [-0.25, -0.2) is 0 Å². The molecule has 0 saturated heterocycles. The quantitative estimate of drug-likeness (QED) is 0.126. The van der Waals surface area contributed by atoms with E-state index in [1.807, 2.05) is 0 Å². The molecule has 0 unspecified atom stereocenters. The van der Waals surface area contributed by atoms with Crippen LogP contribution in [0.2, 0.25) is 0 Å². The highest BCUT2D eigenvalue weighted by molar-refractivity contribution is 5.88. The van der Waals surface area contributed by atoms with Gasteiger partial charge in [0.25, 0.3) is 0 Å². The molecule has 10 aromatic carbocycles. The Kier molecular flexibility index (Phi) is 11.0. The molecule has 2 heteroatoms. The van der Waals surface area contributed by atoms with Gasteiger partial charge in [-0.05, 0) is 165 Å². The molecule has 2 aliphatic rings. The summed E-state index contributed by atoms with van der Waals surface area (Å²) in [4.78, 5) is 4.77. The van der Waals surface area contributed by atoms with E-state index in [-0.39, 0.29) is 10.8 Å². The van der Waals surface area contributed by atoms with Crippen LogP contribution in [0, 0.1) is 13.8 Å². The van der Waals surface area contributed by atoms with Gasteiger partial charge in [0.1, 0.15) is 0 Å². The molecule has 0 amide bonds. The molecule has 2 nitrogen and oxygen atoms in total. The smallest absolute Gasteiger partial charge is 0.0465 e. The summed E-state index contributed by atoms with van der Waals surface area (Å²) in [5, 5.41) is 0. The van der Waals surface area contributed by atoms with E-state index in [1.54, 1.807) is 0 Å². The van der Waals surface area contributed by atoms with Crippen molar-refractivity contribution in [2.45, 2.75) is 52.4 Å². The van der Waals surface area contributed by atoms with Gasteiger partial charge in [0.05, 0.1) is 0 Å². The predicted octanol–water partition coefficient (Wildman–Crippen LogP) is 19.4. The third-order valence-corrected chi connectivity index (χ3v) is 15.4. The fraction of sp³-hybridized carbons (Fsp3) is 0.114. The monoisotopic (exact) mass is 926 g/mol. The molecule has 12 rings (SSSR count). The van der Waals surface area contributed by atoms with Crippen LogP contribution in [0.1, 0.15) is 72.2 Å². The molecule has 0 spiro atoms. The second-order valence-electron chi connectivity index (χ2n) is 20.8. The SMILES string of the molecule is Cc1ccc(N(c2ccc(-c3ccc(/C=C/c4ccc(-c5ccc(N(c6ccc(C)cc6)c6ccc7c(c6)C(C)(C)c6ccccc6-7)cc5)cc4)cc3)cc2)c2ccc3c(c2)C(C)(C)c2ccccc2-3)cc1. The maximum Gasteiger partial charge on any atom is 0.0465 e. The molecule has 0 atom stereocenters. The fourth-order valence-electron chi connectivity index (χ4n) is 11.3. The highest BCUT2D eigenvalue weighted by atomic mass is 15.1. The Labute approximate surface area is 425 Å². The molecular weight excluding hydrogens is 869 g/mol. The molecule has 0 N–H and O–H groups in total. The lowest BCUT2D eigenvalue weighted by molar-refractivity contribution is 0.660. The Morgan fingerprint density at radius 2 is 0.556 bits per heavy atom. The first-order valence-corrected chi connectivity index (χ1v) is 25.3. The lowest BCUT2D eigenvalue weighted by Crippen LogP contribution is -2.16. The molecule has 0 aliphatic heterocycles. The zero-order chi connectivity index (χ0) is 49.1. The molecular formula is C70H58N2. The summed E-state index contributed by atoms with van der Waals surface area (Å²) in [6, 6.07) is 85.1. The second-order valence-corrected chi connectivity index (χ2v) is 20.8. The first-order valence-electron chi connectivity index (χ1n) is 25.3. The molecule has 2 aliphatic carbocycles. The number of anilines is 6. The number of benzene rings is 10. The minimum atomic E-state index is -0.0745. The Morgan fingerprint density at radius 1 is 0.278 bits per heavy atom. The van der Waals surface area contributed by atoms with Gasteiger partial charge in [0.2, 0.25) is 0 Å². The Hall–Kier alpha value is -8.46. The van der Waals surface area contributed by atoms with Crippen LogP contribution in [0.25, 0.3) is 56.7 Å². The van der Waals surface area contributed by atoms with Gasteiger partial charge < -0.3 is 9.80 Å². The molecule has 348 valence electrons. The topological polar surface area (TPSA) is 6.48 Å². The van der Waals surface area contributed by atoms with Crippen LogP contribution in [0.4, 0.5) is 34.1 Å². The standard InChI is InChI=1S/C70H58N2/c1-47-15-33-55(34-16-47)71(59-41-43-63-61-11-7-9-13-65(61)69(3,4)67(63)45-59)57-37-29-53(30-38-57)51-25-21-49(22-26-51)19-20-50-23-27-52(28-24-50)54-31-39-58(40-32-54)72(56-35-17-48(2)18-36-56)60-42-44-64-62-12-8-10-14-66(62)70(5,6)68(64)46-60/h7-46H,1-6H3/b20-19+. The van der Waals surface area contributed by atoms with Crippen LogP contribution < -0.4 is 9.80 Å². The molecule has 0 saturated carbocycles. The van der Waals surface area contributed by atoms with E-state index in [1.165, 1.54) is 77.9 Å². The van der Waals surface area contributed by atoms with Crippen molar-refractivity contribution in [3.63, 3.8) is 0 Å². The average Bonchev–Trinajstić information content (AvgIpc) is 3.79. The predicted molar refractivity (Wildman–Crippen MR) is 307 cm³/mol. The minimum Gasteiger partial charge on any atom is -0.310 e. The summed E-state index contributed by atoms with van der Waals surface area (Å²) in [5.74, 6) is 0. The molecule has 0 bridgehead atoms. The molecule has 0 heterocycles. The van der Waals surface area contributed by atoms with Crippen molar-refractivity contribution in [3.05, 3.63) is 275 Å². The van der Waals surface area contributed by atoms with Crippen LogP contribution in [0.3, 0.4) is 0 Å². The Bertz CT molecular complexity index is 3400. The Morgan fingerprint density at radius 3 is 0.903 bits per heavy atom. The zero-order valence-corrected chi connectivity index (χ0v) is 42.0. The van der Waals surface area contributed by atoms with Crippen molar-refractivity contribution in [1.82, 2.24) is 0 Å². The normalized spacial score (nSPS) is 13.6. The number of fused-ring (bicyclic) bond motifs is 6. The number of hydrogen-bond acceptors (Lipinski definition) is 2. The van der Waals surface area contributed by atoms with Gasteiger partial charge in [0.15, 0.2) is 0 Å². The van der Waals surface area contributed by atoms with E-state index >= 15 is 0 Å². The second kappa shape index (κ2) is 17.7. The lowest BCUT2D eigenvalue weighted by atomic mass is 9.82. The number of rotatable bonds is 10. The van der Waals surface area contributed by atoms with E-state index in [4.69, 9.17) is 0 Å². The number of aryl methyl sites for hydroxylation is 2. The van der Waals surface area contributed by atoms with Crippen molar-refractivity contribution >= 4 is 46.3 Å². The zero-order valence-electron chi connectivity index (χ0n) is 42.0. The Balaban J connectivity index is 0.746. The van der Waals surface area contributed by atoms with Crippen LogP contribution in [0.5, 0.6) is 0 Å². The van der Waals surface area contributed by atoms with E-state index in [2.05, 4.69) is 294 Å². The van der Waals surface area contributed by atoms with Crippen LogP contribution >= 0.6 is 0 Å². The van der Waals surface area contributed by atoms with Crippen molar-refractivity contribution in [1.29, 1.82) is 0 Å². The summed E-state index contributed by atoms with van der Waals surface area (Å²) in [6.07, 6.45) is 4.40. The van der Waals surface area contributed by atoms with E-state index in [9.17, 15) is 0 Å². The van der Waals surface area contributed by atoms with Crippen molar-refractivity contribution in [2.24, 2.45) is 0 Å². The summed E-state index contributed by atoms with van der Waals surface area (Å²) in [6.45, 7) is 13.7. The number of hydrogen-bond donors (Lipinski definition) is 0. The maximum absolute atomic E-state index is 2.40. The van der Waals surface area contributed by atoms with E-state index < -0.39 is 0 Å².